The first-order valence-electron chi connectivity index (χ1n) is 6.24. The number of amides is 1. The van der Waals surface area contributed by atoms with Gasteiger partial charge in [0.2, 0.25) is 5.91 Å². The number of nitrogens with one attached hydrogen (secondary N) is 1. The maximum Gasteiger partial charge on any atom is 0.223 e. The molecule has 0 spiro atoms. The number of carbonyl (C=O) groups excluding carboxylic acids is 1. The molecule has 0 unspecified atom stereocenters. The summed E-state index contributed by atoms with van der Waals surface area (Å²) in [4.78, 5) is 11.8. The quantitative estimate of drug-likeness (QED) is 0.829. The van der Waals surface area contributed by atoms with Crippen molar-refractivity contribution < 1.29 is 9.21 Å². The Kier molecular flexibility index (Phi) is 3.84. The maximum absolute atomic E-state index is 11.8. The summed E-state index contributed by atoms with van der Waals surface area (Å²) < 4.78 is 5.44. The van der Waals surface area contributed by atoms with E-state index in [1.54, 1.807) is 0 Å². The topological polar surface area (TPSA) is 68.3 Å². The molecule has 1 amide bonds. The molecule has 2 atom stereocenters. The fourth-order valence-corrected chi connectivity index (χ4v) is 2.33. The van der Waals surface area contributed by atoms with E-state index in [0.717, 1.165) is 37.2 Å². The van der Waals surface area contributed by atoms with Gasteiger partial charge in [-0.1, -0.05) is 0 Å². The van der Waals surface area contributed by atoms with Crippen molar-refractivity contribution in [3.05, 3.63) is 23.7 Å². The molecule has 0 aromatic carbocycles. The number of rotatable bonds is 4. The summed E-state index contributed by atoms with van der Waals surface area (Å²) in [5.74, 6) is 2.09. The second-order valence-electron chi connectivity index (χ2n) is 4.82. The summed E-state index contributed by atoms with van der Waals surface area (Å²) in [6.07, 6.45) is 3.46. The standard InChI is InChI=1S/C13H20N2O2/c1-9-2-5-12(17-9)6-7-15-13(16)10-3-4-11(14)8-10/h2,5,10-11H,3-4,6-8,14H2,1H3,(H,15,16)/t10-,11+/m1/s1. The highest BCUT2D eigenvalue weighted by Gasteiger charge is 2.27. The van der Waals surface area contributed by atoms with Crippen molar-refractivity contribution in [3.8, 4) is 0 Å². The molecule has 2 rings (SSSR count). The minimum Gasteiger partial charge on any atom is -0.466 e. The highest BCUT2D eigenvalue weighted by atomic mass is 16.3. The van der Waals surface area contributed by atoms with Crippen molar-refractivity contribution in [2.24, 2.45) is 11.7 Å². The molecule has 0 radical (unpaired) electrons. The van der Waals surface area contributed by atoms with Gasteiger partial charge in [0.15, 0.2) is 0 Å². The van der Waals surface area contributed by atoms with Crippen LogP contribution in [0.5, 0.6) is 0 Å². The molecule has 1 aliphatic rings. The minimum atomic E-state index is 0.114. The molecule has 4 heteroatoms. The Bertz CT molecular complexity index is 387. The van der Waals surface area contributed by atoms with E-state index in [0.29, 0.717) is 6.54 Å². The van der Waals surface area contributed by atoms with Gasteiger partial charge in [0.05, 0.1) is 0 Å². The summed E-state index contributed by atoms with van der Waals surface area (Å²) >= 11 is 0. The van der Waals surface area contributed by atoms with Crippen LogP contribution in [0.2, 0.25) is 0 Å². The predicted octanol–water partition coefficient (Wildman–Crippen LogP) is 1.37. The zero-order valence-electron chi connectivity index (χ0n) is 10.2. The van der Waals surface area contributed by atoms with Gasteiger partial charge in [0.1, 0.15) is 11.5 Å². The van der Waals surface area contributed by atoms with Crippen LogP contribution in [-0.2, 0) is 11.2 Å². The van der Waals surface area contributed by atoms with Crippen LogP contribution in [0.4, 0.5) is 0 Å². The van der Waals surface area contributed by atoms with Gasteiger partial charge < -0.3 is 15.5 Å². The minimum absolute atomic E-state index is 0.114. The van der Waals surface area contributed by atoms with Crippen molar-refractivity contribution in [1.29, 1.82) is 0 Å². The molecule has 1 saturated carbocycles. The lowest BCUT2D eigenvalue weighted by Gasteiger charge is -2.09. The monoisotopic (exact) mass is 236 g/mol. The zero-order valence-corrected chi connectivity index (χ0v) is 10.2. The predicted molar refractivity (Wildman–Crippen MR) is 65.5 cm³/mol. The van der Waals surface area contributed by atoms with Crippen molar-refractivity contribution in [2.75, 3.05) is 6.54 Å². The van der Waals surface area contributed by atoms with E-state index < -0.39 is 0 Å². The van der Waals surface area contributed by atoms with Gasteiger partial charge >= 0.3 is 0 Å². The number of nitrogens with two attached hydrogens (primary N) is 1. The van der Waals surface area contributed by atoms with Gasteiger partial charge in [-0.15, -0.1) is 0 Å². The van der Waals surface area contributed by atoms with Crippen LogP contribution in [0.15, 0.2) is 16.5 Å². The van der Waals surface area contributed by atoms with Crippen LogP contribution >= 0.6 is 0 Å². The molecule has 3 N–H and O–H groups in total. The Morgan fingerprint density at radius 1 is 1.53 bits per heavy atom. The number of hydrogen-bond donors (Lipinski definition) is 2. The lowest BCUT2D eigenvalue weighted by molar-refractivity contribution is -0.124. The molecule has 0 saturated heterocycles. The van der Waals surface area contributed by atoms with E-state index in [1.807, 2.05) is 19.1 Å². The average Bonchev–Trinajstić information content (AvgIpc) is 2.88. The van der Waals surface area contributed by atoms with E-state index >= 15 is 0 Å². The van der Waals surface area contributed by atoms with Crippen LogP contribution in [0.25, 0.3) is 0 Å². The fourth-order valence-electron chi connectivity index (χ4n) is 2.33. The third-order valence-electron chi connectivity index (χ3n) is 3.31. The van der Waals surface area contributed by atoms with Crippen LogP contribution in [-0.4, -0.2) is 18.5 Å². The van der Waals surface area contributed by atoms with Gasteiger partial charge in [-0.3, -0.25) is 4.79 Å². The van der Waals surface area contributed by atoms with Crippen molar-refractivity contribution in [2.45, 2.75) is 38.6 Å². The second kappa shape index (κ2) is 5.36. The highest BCUT2D eigenvalue weighted by Crippen LogP contribution is 2.23. The van der Waals surface area contributed by atoms with Crippen molar-refractivity contribution >= 4 is 5.91 Å². The normalized spacial score (nSPS) is 23.9. The third kappa shape index (κ3) is 3.33. The Balaban J connectivity index is 1.70. The number of aryl methyl sites for hydroxylation is 1. The van der Waals surface area contributed by atoms with Crippen molar-refractivity contribution in [1.82, 2.24) is 5.32 Å². The van der Waals surface area contributed by atoms with Gasteiger partial charge in [-0.25, -0.2) is 0 Å². The number of carbonyl (C=O) groups is 1. The molecule has 17 heavy (non-hydrogen) atoms. The molecule has 0 aliphatic heterocycles. The molecular weight excluding hydrogens is 216 g/mol. The van der Waals surface area contributed by atoms with E-state index in [-0.39, 0.29) is 17.9 Å². The molecule has 0 bridgehead atoms. The first-order valence-corrected chi connectivity index (χ1v) is 6.24. The van der Waals surface area contributed by atoms with E-state index in [4.69, 9.17) is 10.2 Å². The van der Waals surface area contributed by atoms with Gasteiger partial charge in [-0.05, 0) is 38.3 Å². The largest absolute Gasteiger partial charge is 0.466 e. The number of hydrogen-bond acceptors (Lipinski definition) is 3. The maximum atomic E-state index is 11.8. The first-order chi connectivity index (χ1) is 8.15. The van der Waals surface area contributed by atoms with E-state index in [9.17, 15) is 4.79 Å². The molecule has 1 heterocycles. The lowest BCUT2D eigenvalue weighted by atomic mass is 10.1. The summed E-state index contributed by atoms with van der Waals surface area (Å²) in [6, 6.07) is 4.10. The molecule has 1 fully saturated rings. The van der Waals surface area contributed by atoms with Crippen LogP contribution in [0.3, 0.4) is 0 Å². The van der Waals surface area contributed by atoms with Gasteiger partial charge in [-0.2, -0.15) is 0 Å². The van der Waals surface area contributed by atoms with Crippen molar-refractivity contribution in [3.63, 3.8) is 0 Å². The molecule has 94 valence electrons. The van der Waals surface area contributed by atoms with Crippen LogP contribution < -0.4 is 11.1 Å². The SMILES string of the molecule is Cc1ccc(CCNC(=O)[C@@H]2CC[C@H](N)C2)o1. The second-order valence-corrected chi connectivity index (χ2v) is 4.82. The Labute approximate surface area is 102 Å². The molecule has 1 aliphatic carbocycles. The van der Waals surface area contributed by atoms with Gasteiger partial charge in [0, 0.05) is 24.9 Å². The molecule has 1 aromatic heterocycles. The first kappa shape index (κ1) is 12.2. The fraction of sp³-hybridized carbons (Fsp3) is 0.615. The Morgan fingerprint density at radius 3 is 2.94 bits per heavy atom. The summed E-state index contributed by atoms with van der Waals surface area (Å²) in [7, 11) is 0. The van der Waals surface area contributed by atoms with Crippen LogP contribution in [0.1, 0.15) is 30.8 Å². The van der Waals surface area contributed by atoms with E-state index in [1.165, 1.54) is 0 Å². The lowest BCUT2D eigenvalue weighted by Crippen LogP contribution is -2.31. The summed E-state index contributed by atoms with van der Waals surface area (Å²) in [5.41, 5.74) is 5.79. The molecule has 4 nitrogen and oxygen atoms in total. The molecular formula is C13H20N2O2. The number of furan rings is 1. The summed E-state index contributed by atoms with van der Waals surface area (Å²) in [5, 5.41) is 2.95. The Hall–Kier alpha value is -1.29. The smallest absolute Gasteiger partial charge is 0.223 e. The zero-order chi connectivity index (χ0) is 12.3. The third-order valence-corrected chi connectivity index (χ3v) is 3.31. The van der Waals surface area contributed by atoms with Gasteiger partial charge in [0.25, 0.3) is 0 Å². The highest BCUT2D eigenvalue weighted by molar-refractivity contribution is 5.78. The average molecular weight is 236 g/mol. The molecule has 1 aromatic rings. The summed E-state index contributed by atoms with van der Waals surface area (Å²) in [6.45, 7) is 2.56. The van der Waals surface area contributed by atoms with Crippen LogP contribution in [0, 0.1) is 12.8 Å². The Morgan fingerprint density at radius 2 is 2.35 bits per heavy atom. The van der Waals surface area contributed by atoms with E-state index in [2.05, 4.69) is 5.32 Å².